The Morgan fingerprint density at radius 3 is 2.47 bits per heavy atom. The third-order valence-electron chi connectivity index (χ3n) is 6.84. The fourth-order valence-corrected chi connectivity index (χ4v) is 4.97. The summed E-state index contributed by atoms with van der Waals surface area (Å²) in [5.74, 6) is 1.15. The second-order valence-electron chi connectivity index (χ2n) is 9.37. The molecule has 2 aromatic carbocycles. The predicted molar refractivity (Wildman–Crippen MR) is 133 cm³/mol. The minimum absolute atomic E-state index is 0.0780. The first-order valence-electron chi connectivity index (χ1n) is 11.9. The Balaban J connectivity index is 1.72. The van der Waals surface area contributed by atoms with Crippen molar-refractivity contribution >= 4 is 11.2 Å². The predicted octanol–water partition coefficient (Wildman–Crippen LogP) is 4.64. The number of benzene rings is 2. The van der Waals surface area contributed by atoms with Crippen molar-refractivity contribution in [1.82, 2.24) is 18.7 Å². The second-order valence-corrected chi connectivity index (χ2v) is 9.37. The van der Waals surface area contributed by atoms with Gasteiger partial charge in [0, 0.05) is 12.6 Å². The minimum atomic E-state index is -0.312. The van der Waals surface area contributed by atoms with Gasteiger partial charge in [-0.25, -0.2) is 14.3 Å². The zero-order valence-electron chi connectivity index (χ0n) is 19.9. The van der Waals surface area contributed by atoms with E-state index in [4.69, 9.17) is 4.74 Å². The van der Waals surface area contributed by atoms with Crippen LogP contribution in [-0.2, 0) is 6.54 Å². The molecule has 176 valence electrons. The number of rotatable bonds is 6. The smallest absolute Gasteiger partial charge is 0.337 e. The van der Waals surface area contributed by atoms with Crippen LogP contribution in [0.2, 0.25) is 0 Å². The zero-order chi connectivity index (χ0) is 23.8. The van der Waals surface area contributed by atoms with E-state index in [-0.39, 0.29) is 17.3 Å². The first-order chi connectivity index (χ1) is 16.5. The highest BCUT2D eigenvalue weighted by Gasteiger charge is 2.26. The quantitative estimate of drug-likeness (QED) is 0.422. The minimum Gasteiger partial charge on any atom is -0.497 e. The van der Waals surface area contributed by atoms with E-state index in [1.807, 2.05) is 53.1 Å². The Hall–Kier alpha value is -3.61. The molecule has 0 aliphatic heterocycles. The molecular weight excluding hydrogens is 428 g/mol. The topological polar surface area (TPSA) is 71.1 Å². The summed E-state index contributed by atoms with van der Waals surface area (Å²) in [6.07, 6.45) is 5.40. The van der Waals surface area contributed by atoms with Crippen molar-refractivity contribution in [3.05, 3.63) is 86.8 Å². The lowest BCUT2D eigenvalue weighted by atomic mass is 10.0. The van der Waals surface area contributed by atoms with Crippen molar-refractivity contribution in [2.24, 2.45) is 0 Å². The average molecular weight is 459 g/mol. The summed E-state index contributed by atoms with van der Waals surface area (Å²) in [4.78, 5) is 32.0. The molecule has 0 unspecified atom stereocenters. The maximum atomic E-state index is 13.7. The van der Waals surface area contributed by atoms with Gasteiger partial charge >= 0.3 is 5.69 Å². The molecule has 0 N–H and O–H groups in total. The fourth-order valence-electron chi connectivity index (χ4n) is 4.97. The van der Waals surface area contributed by atoms with Crippen LogP contribution >= 0.6 is 0 Å². The van der Waals surface area contributed by atoms with Gasteiger partial charge in [-0.1, -0.05) is 51.0 Å². The van der Waals surface area contributed by atoms with Gasteiger partial charge in [0.05, 0.1) is 19.1 Å². The highest BCUT2D eigenvalue weighted by Crippen LogP contribution is 2.28. The third-order valence-corrected chi connectivity index (χ3v) is 6.84. The molecule has 1 aliphatic rings. The molecule has 1 saturated carbocycles. The summed E-state index contributed by atoms with van der Waals surface area (Å²) in [7, 11) is 1.63. The van der Waals surface area contributed by atoms with Gasteiger partial charge in [-0.3, -0.25) is 9.36 Å². The van der Waals surface area contributed by atoms with Crippen LogP contribution in [-0.4, -0.2) is 25.8 Å². The van der Waals surface area contributed by atoms with Crippen LogP contribution in [0.4, 0.5) is 0 Å². The van der Waals surface area contributed by atoms with Crippen LogP contribution in [0.25, 0.3) is 16.9 Å². The maximum Gasteiger partial charge on any atom is 0.337 e. The van der Waals surface area contributed by atoms with Crippen LogP contribution in [0.3, 0.4) is 0 Å². The standard InChI is InChI=1S/C27H30N4O3/c1-18(2)20-11-13-22(14-12-20)30-25-24(26(32)31(27(30)33)21-8-4-5-9-21)29(17-28-25)16-19-7-6-10-23(15-19)34-3/h6-7,10-15,17-18,21H,4-5,8-9,16H2,1-3H3. The molecule has 5 rings (SSSR count). The lowest BCUT2D eigenvalue weighted by Crippen LogP contribution is -2.41. The van der Waals surface area contributed by atoms with E-state index in [0.717, 1.165) is 42.7 Å². The number of hydrogen-bond acceptors (Lipinski definition) is 4. The second kappa shape index (κ2) is 8.97. The van der Waals surface area contributed by atoms with E-state index in [9.17, 15) is 9.59 Å². The molecule has 0 bridgehead atoms. The normalized spacial score (nSPS) is 14.4. The zero-order valence-corrected chi connectivity index (χ0v) is 19.9. The molecule has 2 heterocycles. The van der Waals surface area contributed by atoms with Gasteiger partial charge in [0.2, 0.25) is 0 Å². The molecule has 0 spiro atoms. The molecule has 2 aromatic heterocycles. The number of ether oxygens (including phenoxy) is 1. The van der Waals surface area contributed by atoms with E-state index in [1.54, 1.807) is 18.0 Å². The van der Waals surface area contributed by atoms with Gasteiger partial charge < -0.3 is 9.30 Å². The summed E-state index contributed by atoms with van der Waals surface area (Å²) in [6, 6.07) is 15.6. The summed E-state index contributed by atoms with van der Waals surface area (Å²) >= 11 is 0. The van der Waals surface area contributed by atoms with Crippen LogP contribution in [0, 0.1) is 0 Å². The molecule has 1 aliphatic carbocycles. The van der Waals surface area contributed by atoms with E-state index < -0.39 is 0 Å². The molecule has 34 heavy (non-hydrogen) atoms. The van der Waals surface area contributed by atoms with Crippen molar-refractivity contribution in [2.45, 2.75) is 58.0 Å². The molecule has 4 aromatic rings. The van der Waals surface area contributed by atoms with Gasteiger partial charge in [0.15, 0.2) is 11.2 Å². The SMILES string of the molecule is COc1cccc(Cn2cnc3c2c(=O)n(C2CCCC2)c(=O)n3-c2ccc(C(C)C)cc2)c1. The molecule has 0 radical (unpaired) electrons. The van der Waals surface area contributed by atoms with Gasteiger partial charge in [-0.15, -0.1) is 0 Å². The number of nitrogens with zero attached hydrogens (tertiary/aromatic N) is 4. The summed E-state index contributed by atoms with van der Waals surface area (Å²) in [5, 5.41) is 0. The maximum absolute atomic E-state index is 13.7. The van der Waals surface area contributed by atoms with Crippen molar-refractivity contribution in [2.75, 3.05) is 7.11 Å². The van der Waals surface area contributed by atoms with E-state index >= 15 is 0 Å². The number of imidazole rings is 1. The number of hydrogen-bond donors (Lipinski definition) is 0. The van der Waals surface area contributed by atoms with Gasteiger partial charge in [0.1, 0.15) is 5.75 Å². The molecular formula is C27H30N4O3. The molecule has 0 amide bonds. The summed E-state index contributed by atoms with van der Waals surface area (Å²) < 4.78 is 10.3. The monoisotopic (exact) mass is 458 g/mol. The van der Waals surface area contributed by atoms with Gasteiger partial charge in [-0.2, -0.15) is 0 Å². The van der Waals surface area contributed by atoms with Crippen LogP contribution in [0.15, 0.2) is 64.4 Å². The highest BCUT2D eigenvalue weighted by atomic mass is 16.5. The van der Waals surface area contributed by atoms with Crippen molar-refractivity contribution in [3.63, 3.8) is 0 Å². The third kappa shape index (κ3) is 3.85. The molecule has 0 atom stereocenters. The Bertz CT molecular complexity index is 1440. The first-order valence-corrected chi connectivity index (χ1v) is 11.9. The van der Waals surface area contributed by atoms with Crippen molar-refractivity contribution in [1.29, 1.82) is 0 Å². The molecule has 7 nitrogen and oxygen atoms in total. The molecule has 1 fully saturated rings. The van der Waals surface area contributed by atoms with Crippen LogP contribution < -0.4 is 16.0 Å². The van der Waals surface area contributed by atoms with Crippen molar-refractivity contribution < 1.29 is 4.74 Å². The van der Waals surface area contributed by atoms with Crippen molar-refractivity contribution in [3.8, 4) is 11.4 Å². The largest absolute Gasteiger partial charge is 0.497 e. The Kier molecular flexibility index (Phi) is 5.86. The first kappa shape index (κ1) is 22.2. The molecule has 7 heteroatoms. The van der Waals surface area contributed by atoms with E-state index in [2.05, 4.69) is 18.8 Å². The Morgan fingerprint density at radius 1 is 1.06 bits per heavy atom. The van der Waals surface area contributed by atoms with Crippen LogP contribution in [0.1, 0.15) is 62.6 Å². The number of methoxy groups -OCH3 is 1. The lowest BCUT2D eigenvalue weighted by Gasteiger charge is -2.17. The van der Waals surface area contributed by atoms with E-state index in [1.165, 1.54) is 10.1 Å². The average Bonchev–Trinajstić information content (AvgIpc) is 3.50. The van der Waals surface area contributed by atoms with Gasteiger partial charge in [-0.05, 0) is 54.2 Å². The summed E-state index contributed by atoms with van der Waals surface area (Å²) in [6.45, 7) is 4.73. The van der Waals surface area contributed by atoms with Gasteiger partial charge in [0.25, 0.3) is 5.56 Å². The summed E-state index contributed by atoms with van der Waals surface area (Å²) in [5.41, 5.74) is 3.17. The number of aromatic nitrogens is 4. The fraction of sp³-hybridized carbons (Fsp3) is 0.370. The highest BCUT2D eigenvalue weighted by molar-refractivity contribution is 5.72. The van der Waals surface area contributed by atoms with E-state index in [0.29, 0.717) is 23.6 Å². The Morgan fingerprint density at radius 2 is 1.79 bits per heavy atom. The Labute approximate surface area is 198 Å². The van der Waals surface area contributed by atoms with Crippen LogP contribution in [0.5, 0.6) is 5.75 Å². The lowest BCUT2D eigenvalue weighted by molar-refractivity contribution is 0.414. The number of fused-ring (bicyclic) bond motifs is 1. The molecule has 0 saturated heterocycles.